The van der Waals surface area contributed by atoms with Crippen molar-refractivity contribution in [3.63, 3.8) is 0 Å². The van der Waals surface area contributed by atoms with Gasteiger partial charge >= 0.3 is 0 Å². The van der Waals surface area contributed by atoms with Crippen LogP contribution in [0.2, 0.25) is 0 Å². The summed E-state index contributed by atoms with van der Waals surface area (Å²) in [7, 11) is 6.05. The summed E-state index contributed by atoms with van der Waals surface area (Å²) in [5.74, 6) is 1.60. The van der Waals surface area contributed by atoms with Gasteiger partial charge in [-0.05, 0) is 55.8 Å². The van der Waals surface area contributed by atoms with Gasteiger partial charge in [0.05, 0.1) is 11.4 Å². The van der Waals surface area contributed by atoms with E-state index in [0.29, 0.717) is 0 Å². The number of ether oxygens (including phenoxy) is 1. The zero-order valence-corrected chi connectivity index (χ0v) is 16.0. The lowest BCUT2D eigenvalue weighted by Crippen LogP contribution is -2.35. The number of piperidine rings is 1. The highest BCUT2D eigenvalue weighted by Gasteiger charge is 2.23. The summed E-state index contributed by atoms with van der Waals surface area (Å²) in [5.41, 5.74) is 2.73. The first-order valence-electron chi connectivity index (χ1n) is 9.79. The topological polar surface area (TPSA) is 56.1 Å². The van der Waals surface area contributed by atoms with Gasteiger partial charge in [-0.1, -0.05) is 18.2 Å². The van der Waals surface area contributed by atoms with E-state index < -0.39 is 0 Å². The van der Waals surface area contributed by atoms with E-state index in [9.17, 15) is 0 Å². The Labute approximate surface area is 170 Å². The van der Waals surface area contributed by atoms with Crippen LogP contribution in [-0.2, 0) is 0 Å². The van der Waals surface area contributed by atoms with Crippen LogP contribution in [0.15, 0.2) is 67.1 Å². The number of hydrogen-bond acceptors (Lipinski definition) is 5. The minimum atomic E-state index is 0.209. The third kappa shape index (κ3) is 3.61. The Morgan fingerprint density at radius 3 is 2.59 bits per heavy atom. The SMILES string of the molecule is [B]N1CCC[C@H](n2nc(-c3ccc(Oc4ccccc4)cc3)c3cncnc32)C1. The molecular formula is C22H20BN5O. The zero-order valence-electron chi connectivity index (χ0n) is 16.0. The van der Waals surface area contributed by atoms with Crippen molar-refractivity contribution in [2.24, 2.45) is 0 Å². The van der Waals surface area contributed by atoms with Gasteiger partial charge in [0.15, 0.2) is 13.6 Å². The zero-order chi connectivity index (χ0) is 19.6. The van der Waals surface area contributed by atoms with Gasteiger partial charge in [0.25, 0.3) is 0 Å². The summed E-state index contributed by atoms with van der Waals surface area (Å²) in [6, 6.07) is 17.9. The third-order valence-electron chi connectivity index (χ3n) is 5.25. The van der Waals surface area contributed by atoms with Crippen molar-refractivity contribution in [2.45, 2.75) is 18.9 Å². The van der Waals surface area contributed by atoms with Crippen LogP contribution in [0.5, 0.6) is 11.5 Å². The van der Waals surface area contributed by atoms with E-state index in [1.165, 1.54) is 0 Å². The molecule has 1 aliphatic rings. The standard InChI is InChI=1S/C22H20BN5O/c23-27-12-4-5-17(14-27)28-22-20(13-24-15-25-22)21(26-28)16-8-10-19(11-9-16)29-18-6-2-1-3-7-18/h1-3,6-11,13,15,17H,4-5,12,14H2/t17-/m0/s1. The van der Waals surface area contributed by atoms with Crippen molar-refractivity contribution in [1.29, 1.82) is 0 Å². The Morgan fingerprint density at radius 1 is 1.00 bits per heavy atom. The molecule has 0 spiro atoms. The third-order valence-corrected chi connectivity index (χ3v) is 5.25. The molecule has 1 aliphatic heterocycles. The van der Waals surface area contributed by atoms with Crippen LogP contribution in [0.4, 0.5) is 0 Å². The van der Waals surface area contributed by atoms with E-state index in [0.717, 1.165) is 59.7 Å². The molecular weight excluding hydrogens is 361 g/mol. The summed E-state index contributed by atoms with van der Waals surface area (Å²) >= 11 is 0. The van der Waals surface area contributed by atoms with Gasteiger partial charge in [-0.15, -0.1) is 0 Å². The van der Waals surface area contributed by atoms with E-state index >= 15 is 0 Å². The fourth-order valence-electron chi connectivity index (χ4n) is 3.84. The molecule has 2 aromatic heterocycles. The monoisotopic (exact) mass is 381 g/mol. The van der Waals surface area contributed by atoms with Gasteiger partial charge in [-0.25, -0.2) is 14.6 Å². The average molecular weight is 381 g/mol. The predicted octanol–water partition coefficient (Wildman–Crippen LogP) is 4.01. The number of fused-ring (bicyclic) bond motifs is 1. The predicted molar refractivity (Wildman–Crippen MR) is 113 cm³/mol. The quantitative estimate of drug-likeness (QED) is 0.500. The van der Waals surface area contributed by atoms with E-state index in [1.807, 2.05) is 70.3 Å². The molecule has 29 heavy (non-hydrogen) atoms. The van der Waals surface area contributed by atoms with Crippen LogP contribution in [0.1, 0.15) is 18.9 Å². The van der Waals surface area contributed by atoms with Crippen LogP contribution in [0, 0.1) is 0 Å². The lowest BCUT2D eigenvalue weighted by Gasteiger charge is -2.30. The number of para-hydroxylation sites is 1. The maximum atomic E-state index is 6.05. The number of rotatable bonds is 4. The normalized spacial score (nSPS) is 17.4. The van der Waals surface area contributed by atoms with Gasteiger partial charge in [-0.3, -0.25) is 0 Å². The Hall–Kier alpha value is -3.19. The number of benzene rings is 2. The maximum absolute atomic E-state index is 6.05. The molecule has 0 amide bonds. The van der Waals surface area contributed by atoms with Gasteiger partial charge in [0.2, 0.25) is 0 Å². The van der Waals surface area contributed by atoms with E-state index in [-0.39, 0.29) is 6.04 Å². The molecule has 0 aliphatic carbocycles. The highest BCUT2D eigenvalue weighted by atomic mass is 16.5. The van der Waals surface area contributed by atoms with Crippen LogP contribution >= 0.6 is 0 Å². The first kappa shape index (κ1) is 17.9. The molecule has 0 N–H and O–H groups in total. The highest BCUT2D eigenvalue weighted by molar-refractivity contribution is 6.04. The van der Waals surface area contributed by atoms with Crippen molar-refractivity contribution in [2.75, 3.05) is 13.1 Å². The molecule has 142 valence electrons. The minimum absolute atomic E-state index is 0.209. The van der Waals surface area contributed by atoms with Gasteiger partial charge in [-0.2, -0.15) is 5.10 Å². The second-order valence-electron chi connectivity index (χ2n) is 7.28. The van der Waals surface area contributed by atoms with Crippen molar-refractivity contribution < 1.29 is 4.74 Å². The summed E-state index contributed by atoms with van der Waals surface area (Å²) in [6.07, 6.45) is 5.49. The fourth-order valence-corrected chi connectivity index (χ4v) is 3.84. The summed E-state index contributed by atoms with van der Waals surface area (Å²) in [6.45, 7) is 1.69. The molecule has 5 rings (SSSR count). The Morgan fingerprint density at radius 2 is 1.79 bits per heavy atom. The van der Waals surface area contributed by atoms with Gasteiger partial charge in [0.1, 0.15) is 23.5 Å². The molecule has 6 nitrogen and oxygen atoms in total. The Kier molecular flexibility index (Phi) is 4.73. The molecule has 2 aromatic carbocycles. The average Bonchev–Trinajstić information content (AvgIpc) is 3.15. The molecule has 4 aromatic rings. The van der Waals surface area contributed by atoms with E-state index in [4.69, 9.17) is 17.8 Å². The molecule has 0 saturated carbocycles. The van der Waals surface area contributed by atoms with E-state index in [2.05, 4.69) is 9.97 Å². The molecule has 2 radical (unpaired) electrons. The molecule has 0 unspecified atom stereocenters. The maximum Gasteiger partial charge on any atom is 0.182 e. The van der Waals surface area contributed by atoms with Crippen molar-refractivity contribution >= 4 is 19.0 Å². The van der Waals surface area contributed by atoms with Crippen molar-refractivity contribution in [1.82, 2.24) is 24.6 Å². The number of aromatic nitrogens is 4. The highest BCUT2D eigenvalue weighted by Crippen LogP contribution is 2.32. The van der Waals surface area contributed by atoms with Gasteiger partial charge < -0.3 is 9.55 Å². The van der Waals surface area contributed by atoms with Crippen molar-refractivity contribution in [3.05, 3.63) is 67.1 Å². The Bertz CT molecular complexity index is 1110. The lowest BCUT2D eigenvalue weighted by atomic mass is 10.0. The summed E-state index contributed by atoms with van der Waals surface area (Å²) in [5, 5.41) is 5.87. The minimum Gasteiger partial charge on any atom is -0.457 e. The number of nitrogens with zero attached hydrogens (tertiary/aromatic N) is 5. The molecule has 1 atom stereocenters. The largest absolute Gasteiger partial charge is 0.457 e. The molecule has 1 saturated heterocycles. The summed E-state index contributed by atoms with van der Waals surface area (Å²) < 4.78 is 7.91. The van der Waals surface area contributed by atoms with E-state index in [1.54, 1.807) is 6.33 Å². The Balaban J connectivity index is 1.48. The first-order valence-corrected chi connectivity index (χ1v) is 9.79. The van der Waals surface area contributed by atoms with Crippen LogP contribution < -0.4 is 4.74 Å². The molecule has 3 heterocycles. The molecule has 1 fully saturated rings. The van der Waals surface area contributed by atoms with Crippen LogP contribution in [-0.4, -0.2) is 45.6 Å². The molecule has 0 bridgehead atoms. The summed E-state index contributed by atoms with van der Waals surface area (Å²) in [4.78, 5) is 10.6. The van der Waals surface area contributed by atoms with Crippen LogP contribution in [0.25, 0.3) is 22.3 Å². The second-order valence-corrected chi connectivity index (χ2v) is 7.28. The second kappa shape index (κ2) is 7.68. The number of hydrogen-bond donors (Lipinski definition) is 0. The first-order chi connectivity index (χ1) is 14.3. The van der Waals surface area contributed by atoms with Gasteiger partial charge in [0, 0.05) is 18.3 Å². The lowest BCUT2D eigenvalue weighted by molar-refractivity contribution is 0.265. The smallest absolute Gasteiger partial charge is 0.182 e. The molecule has 7 heteroatoms. The van der Waals surface area contributed by atoms with Crippen molar-refractivity contribution in [3.8, 4) is 22.8 Å². The van der Waals surface area contributed by atoms with Crippen LogP contribution in [0.3, 0.4) is 0 Å². The fraction of sp³-hybridized carbons (Fsp3) is 0.227.